The molecular weight excluding hydrogens is 256 g/mol. The highest BCUT2D eigenvalue weighted by Gasteiger charge is 2.23. The minimum atomic E-state index is -1.02. The summed E-state index contributed by atoms with van der Waals surface area (Å²) >= 11 is 0. The first-order chi connectivity index (χ1) is 9.65. The molecule has 0 aromatic carbocycles. The summed E-state index contributed by atoms with van der Waals surface area (Å²) in [5.41, 5.74) is 0.101. The molecule has 0 fully saturated rings. The molecule has 0 aliphatic carbocycles. The number of nitrogens with zero attached hydrogens (tertiary/aromatic N) is 2. The van der Waals surface area contributed by atoms with E-state index in [-0.39, 0.29) is 24.5 Å². The second kappa shape index (κ2) is 9.50. The standard InChI is InChI=1S/C15H26N2O3/c1-2-3-4-5-6-7-8-9-12-17-14(18)11-10-13(16-17)15(19)20/h2-12H2,1H3,(H,19,20). The van der Waals surface area contributed by atoms with Gasteiger partial charge in [0.05, 0.1) is 0 Å². The highest BCUT2D eigenvalue weighted by Crippen LogP contribution is 2.12. The number of amides is 1. The lowest BCUT2D eigenvalue weighted by Gasteiger charge is -2.21. The third-order valence-electron chi connectivity index (χ3n) is 3.58. The first-order valence-electron chi connectivity index (χ1n) is 7.76. The van der Waals surface area contributed by atoms with Crippen molar-refractivity contribution < 1.29 is 14.7 Å². The molecule has 0 aromatic heterocycles. The van der Waals surface area contributed by atoms with E-state index in [0.29, 0.717) is 6.54 Å². The molecular formula is C15H26N2O3. The zero-order chi connectivity index (χ0) is 14.8. The van der Waals surface area contributed by atoms with Crippen LogP contribution in [0.3, 0.4) is 0 Å². The topological polar surface area (TPSA) is 70.0 Å². The molecule has 0 atom stereocenters. The molecule has 0 radical (unpaired) electrons. The molecule has 1 N–H and O–H groups in total. The Bertz CT molecular complexity index is 353. The van der Waals surface area contributed by atoms with Crippen molar-refractivity contribution in [3.63, 3.8) is 0 Å². The molecule has 114 valence electrons. The number of carboxylic acids is 1. The number of hydrogen-bond donors (Lipinski definition) is 1. The Morgan fingerprint density at radius 3 is 2.30 bits per heavy atom. The van der Waals surface area contributed by atoms with Crippen LogP contribution in [0.1, 0.15) is 71.1 Å². The lowest BCUT2D eigenvalue weighted by atomic mass is 10.1. The molecule has 1 aliphatic heterocycles. The highest BCUT2D eigenvalue weighted by molar-refractivity contribution is 6.36. The fourth-order valence-corrected chi connectivity index (χ4v) is 2.33. The number of carbonyl (C=O) groups excluding carboxylic acids is 1. The maximum atomic E-state index is 11.6. The monoisotopic (exact) mass is 282 g/mol. The molecule has 1 amide bonds. The van der Waals surface area contributed by atoms with Gasteiger partial charge in [0.2, 0.25) is 5.91 Å². The third-order valence-corrected chi connectivity index (χ3v) is 3.58. The highest BCUT2D eigenvalue weighted by atomic mass is 16.4. The summed E-state index contributed by atoms with van der Waals surface area (Å²) in [5.74, 6) is -1.07. The molecule has 0 spiro atoms. The molecule has 20 heavy (non-hydrogen) atoms. The van der Waals surface area contributed by atoms with E-state index in [9.17, 15) is 9.59 Å². The third kappa shape index (κ3) is 6.17. The van der Waals surface area contributed by atoms with Crippen LogP contribution in [0.4, 0.5) is 0 Å². The molecule has 1 aliphatic rings. The van der Waals surface area contributed by atoms with Gasteiger partial charge in [-0.25, -0.2) is 9.80 Å². The quantitative estimate of drug-likeness (QED) is 0.625. The van der Waals surface area contributed by atoms with Crippen LogP contribution >= 0.6 is 0 Å². The van der Waals surface area contributed by atoms with Gasteiger partial charge in [-0.1, -0.05) is 51.9 Å². The molecule has 0 saturated heterocycles. The normalized spacial score (nSPS) is 15.3. The largest absolute Gasteiger partial charge is 0.477 e. The van der Waals surface area contributed by atoms with Gasteiger partial charge in [-0.15, -0.1) is 0 Å². The minimum Gasteiger partial charge on any atom is -0.477 e. The van der Waals surface area contributed by atoms with E-state index in [1.165, 1.54) is 43.5 Å². The lowest BCUT2D eigenvalue weighted by Crippen LogP contribution is -2.34. The molecule has 1 heterocycles. The molecule has 1 rings (SSSR count). The van der Waals surface area contributed by atoms with Gasteiger partial charge >= 0.3 is 5.97 Å². The fourth-order valence-electron chi connectivity index (χ4n) is 2.33. The number of unbranched alkanes of at least 4 members (excludes halogenated alkanes) is 7. The number of hydrogen-bond acceptors (Lipinski definition) is 3. The number of carboxylic acid groups (broad SMARTS) is 1. The molecule has 0 bridgehead atoms. The van der Waals surface area contributed by atoms with Crippen molar-refractivity contribution in [1.82, 2.24) is 5.01 Å². The molecule has 0 unspecified atom stereocenters. The van der Waals surface area contributed by atoms with Gasteiger partial charge in [0.25, 0.3) is 0 Å². The second-order valence-electron chi connectivity index (χ2n) is 5.34. The predicted octanol–water partition coefficient (Wildman–Crippen LogP) is 3.19. The molecule has 5 heteroatoms. The zero-order valence-electron chi connectivity index (χ0n) is 12.4. The summed E-state index contributed by atoms with van der Waals surface area (Å²) in [4.78, 5) is 22.5. The van der Waals surface area contributed by atoms with Gasteiger partial charge < -0.3 is 5.11 Å². The van der Waals surface area contributed by atoms with Crippen molar-refractivity contribution in [3.05, 3.63) is 0 Å². The predicted molar refractivity (Wildman–Crippen MR) is 78.6 cm³/mol. The van der Waals surface area contributed by atoms with Crippen LogP contribution in [0.15, 0.2) is 5.10 Å². The maximum absolute atomic E-state index is 11.6. The summed E-state index contributed by atoms with van der Waals surface area (Å²) in [7, 11) is 0. The number of hydrazone groups is 1. The van der Waals surface area contributed by atoms with E-state index in [0.717, 1.165) is 12.8 Å². The first kappa shape index (κ1) is 16.7. The zero-order valence-corrected chi connectivity index (χ0v) is 12.4. The van der Waals surface area contributed by atoms with Crippen molar-refractivity contribution in [2.45, 2.75) is 71.1 Å². The van der Waals surface area contributed by atoms with Crippen LogP contribution in [0.2, 0.25) is 0 Å². The average Bonchev–Trinajstić information content (AvgIpc) is 2.43. The molecule has 0 saturated carbocycles. The number of carbonyl (C=O) groups is 2. The van der Waals surface area contributed by atoms with Crippen molar-refractivity contribution in [2.24, 2.45) is 5.10 Å². The van der Waals surface area contributed by atoms with Crippen LogP contribution in [0.25, 0.3) is 0 Å². The second-order valence-corrected chi connectivity index (χ2v) is 5.34. The molecule has 0 aromatic rings. The summed E-state index contributed by atoms with van der Waals surface area (Å²) in [6, 6.07) is 0. The Hall–Kier alpha value is -1.39. The van der Waals surface area contributed by atoms with E-state index in [4.69, 9.17) is 5.11 Å². The Balaban J connectivity index is 2.15. The van der Waals surface area contributed by atoms with E-state index >= 15 is 0 Å². The van der Waals surface area contributed by atoms with Crippen molar-refractivity contribution >= 4 is 17.6 Å². The van der Waals surface area contributed by atoms with Gasteiger partial charge in [0.15, 0.2) is 0 Å². The SMILES string of the molecule is CCCCCCCCCCN1N=C(C(=O)O)CCC1=O. The van der Waals surface area contributed by atoms with Crippen LogP contribution in [-0.2, 0) is 9.59 Å². The summed E-state index contributed by atoms with van der Waals surface area (Å²) < 4.78 is 0. The molecule has 5 nitrogen and oxygen atoms in total. The van der Waals surface area contributed by atoms with Crippen molar-refractivity contribution in [1.29, 1.82) is 0 Å². The van der Waals surface area contributed by atoms with Gasteiger partial charge in [-0.2, -0.15) is 5.10 Å². The fraction of sp³-hybridized carbons (Fsp3) is 0.800. The van der Waals surface area contributed by atoms with Crippen LogP contribution in [0.5, 0.6) is 0 Å². The van der Waals surface area contributed by atoms with E-state index in [1.807, 2.05) is 0 Å². The van der Waals surface area contributed by atoms with Gasteiger partial charge in [-0.3, -0.25) is 4.79 Å². The Labute approximate surface area is 121 Å². The Morgan fingerprint density at radius 1 is 1.10 bits per heavy atom. The summed E-state index contributed by atoms with van der Waals surface area (Å²) in [6.45, 7) is 2.76. The lowest BCUT2D eigenvalue weighted by molar-refractivity contribution is -0.132. The first-order valence-corrected chi connectivity index (χ1v) is 7.76. The number of rotatable bonds is 10. The van der Waals surface area contributed by atoms with Gasteiger partial charge in [-0.05, 0) is 6.42 Å². The van der Waals surface area contributed by atoms with Gasteiger partial charge in [0, 0.05) is 19.4 Å². The smallest absolute Gasteiger partial charge is 0.352 e. The summed E-state index contributed by atoms with van der Waals surface area (Å²) in [6.07, 6.45) is 10.1. The van der Waals surface area contributed by atoms with Crippen molar-refractivity contribution in [3.8, 4) is 0 Å². The minimum absolute atomic E-state index is 0.0575. The Kier molecular flexibility index (Phi) is 7.92. The van der Waals surface area contributed by atoms with E-state index < -0.39 is 5.97 Å². The van der Waals surface area contributed by atoms with Gasteiger partial charge in [0.1, 0.15) is 5.71 Å². The number of aliphatic carboxylic acids is 1. The van der Waals surface area contributed by atoms with Crippen LogP contribution in [0, 0.1) is 0 Å². The van der Waals surface area contributed by atoms with Crippen LogP contribution in [-0.4, -0.2) is 34.2 Å². The Morgan fingerprint density at radius 2 is 1.70 bits per heavy atom. The van der Waals surface area contributed by atoms with Crippen molar-refractivity contribution in [2.75, 3.05) is 6.54 Å². The van der Waals surface area contributed by atoms with E-state index in [1.54, 1.807) is 0 Å². The van der Waals surface area contributed by atoms with Crippen LogP contribution < -0.4 is 0 Å². The van der Waals surface area contributed by atoms with E-state index in [2.05, 4.69) is 12.0 Å². The average molecular weight is 282 g/mol. The summed E-state index contributed by atoms with van der Waals surface area (Å²) in [5, 5.41) is 14.1. The maximum Gasteiger partial charge on any atom is 0.352 e.